The van der Waals surface area contributed by atoms with E-state index in [2.05, 4.69) is 9.98 Å². The number of pyridine rings is 1. The summed E-state index contributed by atoms with van der Waals surface area (Å²) in [6.45, 7) is 0. The van der Waals surface area contributed by atoms with Crippen molar-refractivity contribution >= 4 is 17.6 Å². The van der Waals surface area contributed by atoms with Crippen molar-refractivity contribution in [2.75, 3.05) is 0 Å². The SMILES string of the molecule is NC1=N[C@@]2(CCC(F)(F)c3ccccc32)C(F)(F)C(c2ccc(Cl)cn2)O1. The van der Waals surface area contributed by atoms with Crippen molar-refractivity contribution in [3.05, 3.63) is 64.4 Å². The molecule has 1 aromatic carbocycles. The summed E-state index contributed by atoms with van der Waals surface area (Å²) in [6, 6.07) is 7.37. The van der Waals surface area contributed by atoms with E-state index in [1.54, 1.807) is 0 Å². The number of amidine groups is 1. The van der Waals surface area contributed by atoms with Crippen LogP contribution in [0.5, 0.6) is 0 Å². The van der Waals surface area contributed by atoms with E-state index in [9.17, 15) is 8.78 Å². The van der Waals surface area contributed by atoms with Gasteiger partial charge in [0.05, 0.1) is 10.7 Å². The van der Waals surface area contributed by atoms with Crippen molar-refractivity contribution in [3.8, 4) is 0 Å². The number of fused-ring (bicyclic) bond motifs is 2. The minimum Gasteiger partial charge on any atom is -0.449 e. The van der Waals surface area contributed by atoms with E-state index >= 15 is 8.78 Å². The van der Waals surface area contributed by atoms with Gasteiger partial charge in [0.25, 0.3) is 11.9 Å². The summed E-state index contributed by atoms with van der Waals surface area (Å²) in [7, 11) is 0. The van der Waals surface area contributed by atoms with Gasteiger partial charge in [-0.1, -0.05) is 35.9 Å². The normalized spacial score (nSPS) is 28.2. The molecule has 9 heteroatoms. The first-order valence-corrected chi connectivity index (χ1v) is 8.54. The van der Waals surface area contributed by atoms with E-state index < -0.39 is 47.9 Å². The maximum absolute atomic E-state index is 15.7. The van der Waals surface area contributed by atoms with E-state index in [1.807, 2.05) is 0 Å². The maximum atomic E-state index is 15.7. The Morgan fingerprint density at radius 3 is 2.41 bits per heavy atom. The zero-order valence-corrected chi connectivity index (χ0v) is 14.6. The molecule has 0 radical (unpaired) electrons. The minimum atomic E-state index is -3.68. The van der Waals surface area contributed by atoms with Crippen LogP contribution in [0, 0.1) is 0 Å². The Bertz CT molecular complexity index is 919. The van der Waals surface area contributed by atoms with Gasteiger partial charge < -0.3 is 10.5 Å². The molecular formula is C18H14ClF4N3O. The fraction of sp³-hybridized carbons (Fsp3) is 0.333. The van der Waals surface area contributed by atoms with Crippen LogP contribution in [0.2, 0.25) is 5.02 Å². The molecule has 27 heavy (non-hydrogen) atoms. The zero-order chi connectivity index (χ0) is 19.4. The lowest BCUT2D eigenvalue weighted by Gasteiger charge is -2.47. The number of aliphatic imine (C=N–C) groups is 1. The van der Waals surface area contributed by atoms with Gasteiger partial charge in [0.1, 0.15) is 0 Å². The summed E-state index contributed by atoms with van der Waals surface area (Å²) in [5, 5.41) is 0.261. The molecule has 1 aromatic heterocycles. The lowest BCUT2D eigenvalue weighted by Crippen LogP contribution is -2.56. The number of nitrogens with two attached hydrogens (primary N) is 1. The molecule has 142 valence electrons. The van der Waals surface area contributed by atoms with Crippen molar-refractivity contribution in [1.82, 2.24) is 4.98 Å². The highest BCUT2D eigenvalue weighted by Crippen LogP contribution is 2.59. The molecule has 0 amide bonds. The molecule has 4 nitrogen and oxygen atoms in total. The molecule has 1 aliphatic carbocycles. The number of hydrogen-bond donors (Lipinski definition) is 1. The second-order valence-corrected chi connectivity index (χ2v) is 7.02. The summed E-state index contributed by atoms with van der Waals surface area (Å²) in [6.07, 6.45) is -2.05. The molecule has 2 atom stereocenters. The van der Waals surface area contributed by atoms with Gasteiger partial charge >= 0.3 is 5.92 Å². The molecule has 0 saturated carbocycles. The Morgan fingerprint density at radius 1 is 1.04 bits per heavy atom. The lowest BCUT2D eigenvalue weighted by atomic mass is 9.69. The smallest absolute Gasteiger partial charge is 0.318 e. The van der Waals surface area contributed by atoms with Crippen LogP contribution < -0.4 is 5.73 Å². The number of ether oxygens (including phenoxy) is 1. The summed E-state index contributed by atoms with van der Waals surface area (Å²) in [4.78, 5) is 7.76. The Balaban J connectivity index is 1.92. The first-order valence-electron chi connectivity index (χ1n) is 8.16. The van der Waals surface area contributed by atoms with E-state index in [0.29, 0.717) is 0 Å². The van der Waals surface area contributed by atoms with Gasteiger partial charge in [-0.15, -0.1) is 0 Å². The molecule has 2 aromatic rings. The van der Waals surface area contributed by atoms with Gasteiger partial charge in [0, 0.05) is 18.2 Å². The van der Waals surface area contributed by atoms with E-state index in [1.165, 1.54) is 36.5 Å². The molecule has 2 heterocycles. The van der Waals surface area contributed by atoms with Gasteiger partial charge in [-0.25, -0.2) is 13.8 Å². The monoisotopic (exact) mass is 399 g/mol. The van der Waals surface area contributed by atoms with Crippen LogP contribution in [0.3, 0.4) is 0 Å². The molecule has 2 aliphatic rings. The fourth-order valence-corrected chi connectivity index (χ4v) is 3.83. The predicted octanol–water partition coefficient (Wildman–Crippen LogP) is 4.54. The number of benzene rings is 1. The van der Waals surface area contributed by atoms with Crippen LogP contribution in [0.15, 0.2) is 47.6 Å². The predicted molar refractivity (Wildman–Crippen MR) is 90.9 cm³/mol. The molecule has 0 fully saturated rings. The van der Waals surface area contributed by atoms with Crippen molar-refractivity contribution in [2.45, 2.75) is 36.3 Å². The topological polar surface area (TPSA) is 60.5 Å². The van der Waals surface area contributed by atoms with E-state index in [4.69, 9.17) is 22.1 Å². The number of alkyl halides is 4. The van der Waals surface area contributed by atoms with Crippen LogP contribution in [-0.2, 0) is 16.2 Å². The third kappa shape index (κ3) is 2.57. The van der Waals surface area contributed by atoms with Crippen LogP contribution in [-0.4, -0.2) is 16.9 Å². The summed E-state index contributed by atoms with van der Waals surface area (Å²) < 4.78 is 65.2. The number of rotatable bonds is 1. The minimum absolute atomic E-state index is 0.114. The molecular weight excluding hydrogens is 386 g/mol. The fourth-order valence-electron chi connectivity index (χ4n) is 3.72. The molecule has 4 rings (SSSR count). The number of aromatic nitrogens is 1. The average Bonchev–Trinajstić information content (AvgIpc) is 2.62. The summed E-state index contributed by atoms with van der Waals surface area (Å²) in [5.74, 6) is -6.90. The van der Waals surface area contributed by atoms with Gasteiger partial charge in [-0.2, -0.15) is 8.78 Å². The number of halogens is 5. The standard InChI is InChI=1S/C18H14ClF4N3O/c19-10-5-6-13(25-9-10)14-18(22,23)16(26-15(24)27-14)7-8-17(20,21)12-4-2-1-3-11(12)16/h1-6,9,14H,7-8H2,(H2,24,26)/t14?,16-/m1/s1. The first-order chi connectivity index (χ1) is 12.7. The molecule has 0 bridgehead atoms. The molecule has 0 saturated heterocycles. The Kier molecular flexibility index (Phi) is 3.89. The first kappa shape index (κ1) is 18.0. The Labute approximate surface area is 157 Å². The van der Waals surface area contributed by atoms with E-state index in [0.717, 1.165) is 6.07 Å². The largest absolute Gasteiger partial charge is 0.449 e. The Morgan fingerprint density at radius 2 is 1.74 bits per heavy atom. The van der Waals surface area contributed by atoms with E-state index in [-0.39, 0.29) is 16.3 Å². The zero-order valence-electron chi connectivity index (χ0n) is 13.8. The maximum Gasteiger partial charge on any atom is 0.318 e. The Hall–Kier alpha value is -2.35. The summed E-state index contributed by atoms with van der Waals surface area (Å²) >= 11 is 5.77. The van der Waals surface area contributed by atoms with Crippen LogP contribution in [0.25, 0.3) is 0 Å². The van der Waals surface area contributed by atoms with Crippen molar-refractivity contribution in [1.29, 1.82) is 0 Å². The third-order valence-corrected chi connectivity index (χ3v) is 5.23. The van der Waals surface area contributed by atoms with Crippen molar-refractivity contribution < 1.29 is 22.3 Å². The van der Waals surface area contributed by atoms with Gasteiger partial charge in [-0.3, -0.25) is 4.98 Å². The highest BCUT2D eigenvalue weighted by molar-refractivity contribution is 6.30. The van der Waals surface area contributed by atoms with Gasteiger partial charge in [0.15, 0.2) is 5.54 Å². The van der Waals surface area contributed by atoms with Gasteiger partial charge in [-0.05, 0) is 24.1 Å². The number of hydrogen-bond acceptors (Lipinski definition) is 4. The highest BCUT2D eigenvalue weighted by Gasteiger charge is 2.67. The quantitative estimate of drug-likeness (QED) is 0.716. The highest BCUT2D eigenvalue weighted by atomic mass is 35.5. The molecule has 1 unspecified atom stereocenters. The summed E-state index contributed by atoms with van der Waals surface area (Å²) in [5.41, 5.74) is 2.59. The van der Waals surface area contributed by atoms with Crippen LogP contribution in [0.1, 0.15) is 35.8 Å². The lowest BCUT2D eigenvalue weighted by molar-refractivity contribution is -0.186. The van der Waals surface area contributed by atoms with Crippen molar-refractivity contribution in [3.63, 3.8) is 0 Å². The van der Waals surface area contributed by atoms with Crippen LogP contribution in [0.4, 0.5) is 17.6 Å². The third-order valence-electron chi connectivity index (χ3n) is 5.01. The molecule has 1 spiro atoms. The molecule has 2 N–H and O–H groups in total. The van der Waals surface area contributed by atoms with Crippen molar-refractivity contribution in [2.24, 2.45) is 10.7 Å². The van der Waals surface area contributed by atoms with Crippen LogP contribution >= 0.6 is 11.6 Å². The second-order valence-electron chi connectivity index (χ2n) is 6.58. The second kappa shape index (κ2) is 5.82. The number of nitrogens with zero attached hydrogens (tertiary/aromatic N) is 2. The average molecular weight is 400 g/mol. The molecule has 1 aliphatic heterocycles. The van der Waals surface area contributed by atoms with Gasteiger partial charge in [0.2, 0.25) is 6.10 Å².